The normalized spacial score (nSPS) is 17.8. The maximum atomic E-state index is 5.98. The lowest BCUT2D eigenvalue weighted by Gasteiger charge is -2.16. The molecule has 1 nitrogen and oxygen atoms in total. The van der Waals surface area contributed by atoms with Gasteiger partial charge in [-0.15, -0.1) is 0 Å². The average molecular weight is 317 g/mol. The lowest BCUT2D eigenvalue weighted by Crippen LogP contribution is -2.13. The molecule has 1 aliphatic carbocycles. The van der Waals surface area contributed by atoms with Gasteiger partial charge in [0.2, 0.25) is 0 Å². The van der Waals surface area contributed by atoms with Crippen LogP contribution in [-0.2, 0) is 0 Å². The van der Waals surface area contributed by atoms with Gasteiger partial charge >= 0.3 is 0 Å². The van der Waals surface area contributed by atoms with Crippen LogP contribution in [0.5, 0.6) is 0 Å². The van der Waals surface area contributed by atoms with E-state index in [4.69, 9.17) is 11.6 Å². The van der Waals surface area contributed by atoms with Crippen molar-refractivity contribution in [3.63, 3.8) is 0 Å². The molecule has 94 valence electrons. The molecule has 1 aromatic carbocycles. The highest BCUT2D eigenvalue weighted by molar-refractivity contribution is 9.10. The van der Waals surface area contributed by atoms with Crippen molar-refractivity contribution >= 4 is 33.2 Å². The molecule has 0 saturated heterocycles. The molecule has 1 fully saturated rings. The van der Waals surface area contributed by atoms with Crippen molar-refractivity contribution in [2.75, 3.05) is 11.9 Å². The smallest absolute Gasteiger partial charge is 0.0549 e. The minimum Gasteiger partial charge on any atom is -0.385 e. The van der Waals surface area contributed by atoms with Gasteiger partial charge in [-0.3, -0.25) is 0 Å². The number of halogens is 2. The average Bonchev–Trinajstić information content (AvgIpc) is 2.59. The van der Waals surface area contributed by atoms with Crippen LogP contribution in [0, 0.1) is 5.92 Å². The molecule has 0 radical (unpaired) electrons. The van der Waals surface area contributed by atoms with E-state index >= 15 is 0 Å². The van der Waals surface area contributed by atoms with Crippen LogP contribution < -0.4 is 5.32 Å². The predicted molar refractivity (Wildman–Crippen MR) is 78.8 cm³/mol. The lowest BCUT2D eigenvalue weighted by molar-refractivity contribution is 0.483. The molecular weight excluding hydrogens is 298 g/mol. The van der Waals surface area contributed by atoms with Crippen molar-refractivity contribution in [2.45, 2.75) is 38.5 Å². The number of nitrogens with one attached hydrogen (secondary N) is 1. The zero-order valence-electron chi connectivity index (χ0n) is 10.0. The number of hydrogen-bond donors (Lipinski definition) is 1. The third-order valence-corrected chi connectivity index (χ3v) is 4.70. The van der Waals surface area contributed by atoms with E-state index in [2.05, 4.69) is 27.3 Å². The third kappa shape index (κ3) is 4.18. The Kier molecular flexibility index (Phi) is 5.17. The number of anilines is 1. The number of benzene rings is 1. The number of hydrogen-bond acceptors (Lipinski definition) is 1. The summed E-state index contributed by atoms with van der Waals surface area (Å²) in [6, 6.07) is 6.03. The largest absolute Gasteiger partial charge is 0.385 e. The van der Waals surface area contributed by atoms with Crippen LogP contribution in [0.3, 0.4) is 0 Å². The Balaban J connectivity index is 1.85. The summed E-state index contributed by atoms with van der Waals surface area (Å²) in [4.78, 5) is 0. The molecule has 0 heterocycles. The Morgan fingerprint density at radius 3 is 2.53 bits per heavy atom. The molecule has 1 aliphatic rings. The molecule has 0 atom stereocenters. The van der Waals surface area contributed by atoms with Crippen molar-refractivity contribution in [1.29, 1.82) is 0 Å². The van der Waals surface area contributed by atoms with E-state index < -0.39 is 0 Å². The van der Waals surface area contributed by atoms with Crippen LogP contribution in [0.1, 0.15) is 38.5 Å². The molecule has 1 N–H and O–H groups in total. The van der Waals surface area contributed by atoms with Gasteiger partial charge in [0.25, 0.3) is 0 Å². The molecule has 0 spiro atoms. The summed E-state index contributed by atoms with van der Waals surface area (Å²) in [7, 11) is 0. The second-order valence-electron chi connectivity index (χ2n) is 4.87. The minimum absolute atomic E-state index is 0.769. The molecule has 0 aliphatic heterocycles. The standard InChI is InChI=1S/C14H19BrClN/c15-13-9-12(7-8-14(13)16)17-10-11-5-3-1-2-4-6-11/h7-9,11,17H,1-6,10H2. The molecule has 0 aromatic heterocycles. The second-order valence-corrected chi connectivity index (χ2v) is 6.13. The van der Waals surface area contributed by atoms with Crippen molar-refractivity contribution in [1.82, 2.24) is 0 Å². The highest BCUT2D eigenvalue weighted by Crippen LogP contribution is 2.27. The molecule has 1 aromatic rings. The van der Waals surface area contributed by atoms with E-state index in [1.807, 2.05) is 12.1 Å². The zero-order chi connectivity index (χ0) is 12.1. The third-order valence-electron chi connectivity index (χ3n) is 3.49. The highest BCUT2D eigenvalue weighted by Gasteiger charge is 2.11. The topological polar surface area (TPSA) is 12.0 Å². The molecule has 3 heteroatoms. The quantitative estimate of drug-likeness (QED) is 0.728. The van der Waals surface area contributed by atoms with E-state index in [0.717, 1.165) is 27.6 Å². The van der Waals surface area contributed by atoms with Gasteiger partial charge in [0, 0.05) is 16.7 Å². The van der Waals surface area contributed by atoms with E-state index in [1.165, 1.54) is 38.5 Å². The fourth-order valence-electron chi connectivity index (χ4n) is 2.44. The van der Waals surface area contributed by atoms with Gasteiger partial charge in [0.1, 0.15) is 0 Å². The maximum absolute atomic E-state index is 5.98. The Morgan fingerprint density at radius 1 is 1.18 bits per heavy atom. The van der Waals surface area contributed by atoms with Crippen molar-refractivity contribution in [3.8, 4) is 0 Å². The first-order chi connectivity index (χ1) is 8.25. The van der Waals surface area contributed by atoms with E-state index in [0.29, 0.717) is 0 Å². The van der Waals surface area contributed by atoms with Crippen LogP contribution in [0.4, 0.5) is 5.69 Å². The van der Waals surface area contributed by atoms with Gasteiger partial charge in [-0.1, -0.05) is 37.3 Å². The Hall–Kier alpha value is -0.210. The molecule has 0 amide bonds. The van der Waals surface area contributed by atoms with Gasteiger partial charge in [-0.05, 0) is 52.9 Å². The zero-order valence-corrected chi connectivity index (χ0v) is 12.4. The highest BCUT2D eigenvalue weighted by atomic mass is 79.9. The van der Waals surface area contributed by atoms with Crippen molar-refractivity contribution in [3.05, 3.63) is 27.7 Å². The van der Waals surface area contributed by atoms with Gasteiger partial charge in [0.15, 0.2) is 0 Å². The van der Waals surface area contributed by atoms with E-state index in [9.17, 15) is 0 Å². The molecule has 1 saturated carbocycles. The number of rotatable bonds is 3. The summed E-state index contributed by atoms with van der Waals surface area (Å²) in [6.45, 7) is 1.09. The first kappa shape index (κ1) is 13.2. The first-order valence-corrected chi connectivity index (χ1v) is 7.62. The molecule has 0 unspecified atom stereocenters. The van der Waals surface area contributed by atoms with E-state index in [-0.39, 0.29) is 0 Å². The van der Waals surface area contributed by atoms with Crippen LogP contribution in [-0.4, -0.2) is 6.54 Å². The summed E-state index contributed by atoms with van der Waals surface area (Å²) >= 11 is 9.43. The Labute approximate surface area is 117 Å². The van der Waals surface area contributed by atoms with Crippen LogP contribution in [0.25, 0.3) is 0 Å². The van der Waals surface area contributed by atoms with Crippen LogP contribution in [0.15, 0.2) is 22.7 Å². The van der Waals surface area contributed by atoms with Crippen LogP contribution >= 0.6 is 27.5 Å². The summed E-state index contributed by atoms with van der Waals surface area (Å²) in [6.07, 6.45) is 8.39. The molecule has 2 rings (SSSR count). The van der Waals surface area contributed by atoms with E-state index in [1.54, 1.807) is 0 Å². The van der Waals surface area contributed by atoms with Crippen molar-refractivity contribution in [2.24, 2.45) is 5.92 Å². The van der Waals surface area contributed by atoms with Gasteiger partial charge < -0.3 is 5.32 Å². The monoisotopic (exact) mass is 315 g/mol. The minimum atomic E-state index is 0.769. The van der Waals surface area contributed by atoms with Crippen LogP contribution in [0.2, 0.25) is 5.02 Å². The van der Waals surface area contributed by atoms with Gasteiger partial charge in [0.05, 0.1) is 5.02 Å². The molecule has 0 bridgehead atoms. The van der Waals surface area contributed by atoms with Gasteiger partial charge in [-0.2, -0.15) is 0 Å². The fraction of sp³-hybridized carbons (Fsp3) is 0.571. The summed E-state index contributed by atoms with van der Waals surface area (Å²) < 4.78 is 0.963. The summed E-state index contributed by atoms with van der Waals surface area (Å²) in [5.74, 6) is 0.840. The van der Waals surface area contributed by atoms with Crippen molar-refractivity contribution < 1.29 is 0 Å². The summed E-state index contributed by atoms with van der Waals surface area (Å²) in [5.41, 5.74) is 1.16. The Bertz CT molecular complexity index is 359. The maximum Gasteiger partial charge on any atom is 0.0549 e. The Morgan fingerprint density at radius 2 is 1.88 bits per heavy atom. The van der Waals surface area contributed by atoms with Gasteiger partial charge in [-0.25, -0.2) is 0 Å². The predicted octanol–water partition coefficient (Wildman–Crippen LogP) is 5.48. The summed E-state index contributed by atoms with van der Waals surface area (Å²) in [5, 5.41) is 4.29. The molecular formula is C14H19BrClN. The lowest BCUT2D eigenvalue weighted by atomic mass is 10.0. The first-order valence-electron chi connectivity index (χ1n) is 6.44. The second kappa shape index (κ2) is 6.65. The fourth-order valence-corrected chi connectivity index (χ4v) is 2.93. The molecule has 17 heavy (non-hydrogen) atoms. The SMILES string of the molecule is Clc1ccc(NCC2CCCCCC2)cc1Br.